The zero-order valence-corrected chi connectivity index (χ0v) is 11.9. The van der Waals surface area contributed by atoms with Gasteiger partial charge in [-0.1, -0.05) is 22.0 Å². The highest BCUT2D eigenvalue weighted by molar-refractivity contribution is 9.10. The molecule has 2 atom stereocenters. The second kappa shape index (κ2) is 5.71. The summed E-state index contributed by atoms with van der Waals surface area (Å²) in [4.78, 5) is 22.7. The van der Waals surface area contributed by atoms with Crippen molar-refractivity contribution in [1.29, 1.82) is 0 Å². The minimum Gasteiger partial charge on any atom is -0.481 e. The molecule has 1 aliphatic rings. The van der Waals surface area contributed by atoms with Crippen LogP contribution < -0.4 is 5.32 Å². The number of carboxylic acid groups (broad SMARTS) is 1. The molecule has 2 N–H and O–H groups in total. The maximum atomic E-state index is 11.9. The molecule has 0 aliphatic heterocycles. The van der Waals surface area contributed by atoms with E-state index in [9.17, 15) is 9.59 Å². The van der Waals surface area contributed by atoms with Crippen LogP contribution in [0.5, 0.6) is 0 Å². The first kappa shape index (κ1) is 14.0. The molecule has 2 rings (SSSR count). The maximum Gasteiger partial charge on any atom is 0.307 e. The lowest BCUT2D eigenvalue weighted by Gasteiger charge is -2.12. The number of nitrogens with one attached hydrogen (secondary N) is 1. The van der Waals surface area contributed by atoms with Gasteiger partial charge in [0.25, 0.3) is 0 Å². The standard InChI is InChI=1S/C13H14BrNO4/c1-19-6-9-10(14)3-2-4-11(9)15-12(16)7-5-8(7)13(17)18/h2-4,7-8H,5-6H2,1H3,(H,15,16)(H,17,18)/t7-,8+/m1/s1. The molecule has 1 amide bonds. The average Bonchev–Trinajstić information content (AvgIpc) is 3.14. The molecule has 1 aromatic rings. The number of aliphatic carboxylic acids is 1. The van der Waals surface area contributed by atoms with Crippen molar-refractivity contribution in [2.24, 2.45) is 11.8 Å². The van der Waals surface area contributed by atoms with Crippen LogP contribution in [-0.4, -0.2) is 24.1 Å². The molecule has 5 nitrogen and oxygen atoms in total. The van der Waals surface area contributed by atoms with Gasteiger partial charge in [-0.2, -0.15) is 0 Å². The Labute approximate surface area is 119 Å². The highest BCUT2D eigenvalue weighted by Gasteiger charge is 2.48. The predicted octanol–water partition coefficient (Wildman–Crippen LogP) is 2.25. The highest BCUT2D eigenvalue weighted by Crippen LogP contribution is 2.39. The van der Waals surface area contributed by atoms with Gasteiger partial charge in [0.1, 0.15) is 0 Å². The van der Waals surface area contributed by atoms with Crippen molar-refractivity contribution in [2.75, 3.05) is 12.4 Å². The second-order valence-corrected chi connectivity index (χ2v) is 5.33. The number of anilines is 1. The van der Waals surface area contributed by atoms with Gasteiger partial charge in [-0.3, -0.25) is 9.59 Å². The van der Waals surface area contributed by atoms with Crippen molar-refractivity contribution in [3.8, 4) is 0 Å². The van der Waals surface area contributed by atoms with Crippen LogP contribution in [0.15, 0.2) is 22.7 Å². The smallest absolute Gasteiger partial charge is 0.307 e. The van der Waals surface area contributed by atoms with Crippen molar-refractivity contribution >= 4 is 33.5 Å². The lowest BCUT2D eigenvalue weighted by Crippen LogP contribution is -2.18. The van der Waals surface area contributed by atoms with E-state index in [4.69, 9.17) is 9.84 Å². The van der Waals surface area contributed by atoms with Crippen molar-refractivity contribution in [1.82, 2.24) is 0 Å². The number of rotatable bonds is 5. The van der Waals surface area contributed by atoms with Crippen LogP contribution in [0.3, 0.4) is 0 Å². The van der Waals surface area contributed by atoms with E-state index >= 15 is 0 Å². The highest BCUT2D eigenvalue weighted by atomic mass is 79.9. The molecule has 0 radical (unpaired) electrons. The van der Waals surface area contributed by atoms with E-state index in [-0.39, 0.29) is 5.91 Å². The third-order valence-corrected chi connectivity index (χ3v) is 3.85. The number of carbonyl (C=O) groups is 2. The molecule has 1 saturated carbocycles. The number of methoxy groups -OCH3 is 1. The Morgan fingerprint density at radius 2 is 2.21 bits per heavy atom. The fraction of sp³-hybridized carbons (Fsp3) is 0.385. The van der Waals surface area contributed by atoms with E-state index in [0.717, 1.165) is 10.0 Å². The number of halogens is 1. The Morgan fingerprint density at radius 3 is 2.79 bits per heavy atom. The summed E-state index contributed by atoms with van der Waals surface area (Å²) in [5.41, 5.74) is 1.49. The summed E-state index contributed by atoms with van der Waals surface area (Å²) in [5.74, 6) is -2.13. The topological polar surface area (TPSA) is 75.6 Å². The van der Waals surface area contributed by atoms with Crippen LogP contribution in [0.4, 0.5) is 5.69 Å². The molecule has 6 heteroatoms. The molecule has 0 heterocycles. The summed E-state index contributed by atoms with van der Waals surface area (Å²) >= 11 is 3.40. The van der Waals surface area contributed by atoms with E-state index in [1.807, 2.05) is 6.07 Å². The van der Waals surface area contributed by atoms with Gasteiger partial charge in [-0.05, 0) is 18.6 Å². The number of carboxylic acids is 1. The minimum atomic E-state index is -0.911. The number of hydrogen-bond donors (Lipinski definition) is 2. The monoisotopic (exact) mass is 327 g/mol. The normalized spacial score (nSPS) is 20.9. The van der Waals surface area contributed by atoms with Gasteiger partial charge >= 0.3 is 5.97 Å². The lowest BCUT2D eigenvalue weighted by molar-refractivity contribution is -0.139. The zero-order valence-electron chi connectivity index (χ0n) is 10.4. The molecule has 0 unspecified atom stereocenters. The summed E-state index contributed by atoms with van der Waals surface area (Å²) in [7, 11) is 1.58. The molecule has 102 valence electrons. The van der Waals surface area contributed by atoms with Crippen molar-refractivity contribution in [3.63, 3.8) is 0 Å². The number of carbonyl (C=O) groups excluding carboxylic acids is 1. The van der Waals surface area contributed by atoms with Crippen LogP contribution in [0, 0.1) is 11.8 Å². The largest absolute Gasteiger partial charge is 0.481 e. The van der Waals surface area contributed by atoms with Gasteiger partial charge in [-0.15, -0.1) is 0 Å². The first-order chi connectivity index (χ1) is 9.04. The van der Waals surface area contributed by atoms with Crippen LogP contribution in [0.25, 0.3) is 0 Å². The molecule has 0 spiro atoms. The number of ether oxygens (including phenoxy) is 1. The minimum absolute atomic E-state index is 0.247. The molecule has 1 fully saturated rings. The number of amides is 1. The molecule has 19 heavy (non-hydrogen) atoms. The number of benzene rings is 1. The predicted molar refractivity (Wildman–Crippen MR) is 72.7 cm³/mol. The van der Waals surface area contributed by atoms with E-state index < -0.39 is 17.8 Å². The first-order valence-corrected chi connectivity index (χ1v) is 6.64. The van der Waals surface area contributed by atoms with Crippen molar-refractivity contribution in [3.05, 3.63) is 28.2 Å². The molecule has 1 aromatic carbocycles. The molecule has 0 aromatic heterocycles. The molecule has 0 bridgehead atoms. The van der Waals surface area contributed by atoms with Gasteiger partial charge in [0, 0.05) is 22.8 Å². The maximum absolute atomic E-state index is 11.9. The Kier molecular flexibility index (Phi) is 4.21. The summed E-state index contributed by atoms with van der Waals surface area (Å²) in [5, 5.41) is 11.6. The molecular formula is C13H14BrNO4. The zero-order chi connectivity index (χ0) is 14.0. The van der Waals surface area contributed by atoms with Gasteiger partial charge < -0.3 is 15.2 Å². The summed E-state index contributed by atoms with van der Waals surface area (Å²) in [6.45, 7) is 0.365. The van der Waals surface area contributed by atoms with Crippen LogP contribution in [0.2, 0.25) is 0 Å². The first-order valence-electron chi connectivity index (χ1n) is 5.84. The lowest BCUT2D eigenvalue weighted by atomic mass is 10.2. The van der Waals surface area contributed by atoms with E-state index in [2.05, 4.69) is 21.2 Å². The van der Waals surface area contributed by atoms with Crippen molar-refractivity contribution < 1.29 is 19.4 Å². The average molecular weight is 328 g/mol. The summed E-state index contributed by atoms with van der Waals surface area (Å²) in [6, 6.07) is 5.44. The van der Waals surface area contributed by atoms with Gasteiger partial charge in [0.2, 0.25) is 5.91 Å². The van der Waals surface area contributed by atoms with Crippen LogP contribution in [-0.2, 0) is 20.9 Å². The third-order valence-electron chi connectivity index (χ3n) is 3.11. The second-order valence-electron chi connectivity index (χ2n) is 4.48. The van der Waals surface area contributed by atoms with Crippen molar-refractivity contribution in [2.45, 2.75) is 13.0 Å². The Morgan fingerprint density at radius 1 is 1.47 bits per heavy atom. The van der Waals surface area contributed by atoms with E-state index in [1.54, 1.807) is 19.2 Å². The summed E-state index contributed by atoms with van der Waals surface area (Å²) in [6.07, 6.45) is 0.411. The SMILES string of the molecule is COCc1c(Br)cccc1NC(=O)[C@@H]1C[C@@H]1C(=O)O. The van der Waals surface area contributed by atoms with E-state index in [0.29, 0.717) is 18.7 Å². The molecular weight excluding hydrogens is 314 g/mol. The fourth-order valence-electron chi connectivity index (χ4n) is 1.95. The third kappa shape index (κ3) is 3.13. The fourth-order valence-corrected chi connectivity index (χ4v) is 2.43. The Balaban J connectivity index is 2.09. The number of hydrogen-bond acceptors (Lipinski definition) is 3. The van der Waals surface area contributed by atoms with E-state index in [1.165, 1.54) is 0 Å². The Bertz CT molecular complexity index is 517. The Hall–Kier alpha value is -1.40. The van der Waals surface area contributed by atoms with Gasteiger partial charge in [-0.25, -0.2) is 0 Å². The molecule has 0 saturated heterocycles. The molecule has 1 aliphatic carbocycles. The van der Waals surface area contributed by atoms with Gasteiger partial charge in [0.15, 0.2) is 0 Å². The van der Waals surface area contributed by atoms with Crippen LogP contribution in [0.1, 0.15) is 12.0 Å². The van der Waals surface area contributed by atoms with Gasteiger partial charge in [0.05, 0.1) is 18.4 Å². The van der Waals surface area contributed by atoms with Crippen LogP contribution >= 0.6 is 15.9 Å². The quantitative estimate of drug-likeness (QED) is 0.869. The summed E-state index contributed by atoms with van der Waals surface area (Å²) < 4.78 is 5.94.